The lowest BCUT2D eigenvalue weighted by Crippen LogP contribution is -2.40. The molecule has 0 radical (unpaired) electrons. The quantitative estimate of drug-likeness (QED) is 0.189. The van der Waals surface area contributed by atoms with E-state index in [0.717, 1.165) is 25.7 Å². The predicted octanol–water partition coefficient (Wildman–Crippen LogP) is 5.94. The smallest absolute Gasteiger partial charge is 0.305 e. The molecule has 7 nitrogen and oxygen atoms in total. The van der Waals surface area contributed by atoms with Crippen molar-refractivity contribution in [2.45, 2.75) is 108 Å². The minimum absolute atomic E-state index is 0.137. The molecule has 2 fully saturated rings. The van der Waals surface area contributed by atoms with Crippen LogP contribution in [-0.2, 0) is 39.7 Å². The molecule has 0 unspecified atom stereocenters. The van der Waals surface area contributed by atoms with Gasteiger partial charge in [-0.15, -0.1) is 0 Å². The van der Waals surface area contributed by atoms with Crippen molar-refractivity contribution in [3.8, 4) is 0 Å². The highest BCUT2D eigenvalue weighted by atomic mass is 79.9. The molecule has 2 aliphatic heterocycles. The zero-order chi connectivity index (χ0) is 27.6. The second-order valence-corrected chi connectivity index (χ2v) is 12.0. The van der Waals surface area contributed by atoms with Crippen LogP contribution in [0.5, 0.6) is 0 Å². The van der Waals surface area contributed by atoms with Crippen LogP contribution in [0.2, 0.25) is 0 Å². The van der Waals surface area contributed by atoms with Crippen molar-refractivity contribution in [2.24, 2.45) is 0 Å². The second-order valence-electron chi connectivity index (χ2n) is 11.1. The third-order valence-corrected chi connectivity index (χ3v) is 7.81. The third kappa shape index (κ3) is 6.65. The highest BCUT2D eigenvalue weighted by molar-refractivity contribution is 9.12. The van der Waals surface area contributed by atoms with E-state index in [9.17, 15) is 9.59 Å². The van der Waals surface area contributed by atoms with Crippen LogP contribution in [0, 0.1) is 0 Å². The molecule has 1 aromatic rings. The van der Waals surface area contributed by atoms with E-state index in [4.69, 9.17) is 23.7 Å². The predicted molar refractivity (Wildman–Crippen MR) is 147 cm³/mol. The first-order chi connectivity index (χ1) is 17.9. The van der Waals surface area contributed by atoms with Crippen LogP contribution >= 0.6 is 15.9 Å². The Kier molecular flexibility index (Phi) is 8.99. The lowest BCUT2D eigenvalue weighted by molar-refractivity contribution is -0.152. The maximum atomic E-state index is 13.5. The number of unbranched alkanes of at least 4 members (excludes halogenated alkanes) is 1. The molecule has 1 aliphatic carbocycles. The van der Waals surface area contributed by atoms with Gasteiger partial charge in [0.1, 0.15) is 11.7 Å². The average molecular weight is 592 g/mol. The number of halogens is 1. The Balaban J connectivity index is 1.54. The number of carbonyl (C=O) groups excluding carboxylic acids is 2. The van der Waals surface area contributed by atoms with Gasteiger partial charge in [0.05, 0.1) is 23.8 Å². The second kappa shape index (κ2) is 11.7. The largest absolute Gasteiger partial charge is 0.469 e. The molecule has 0 saturated carbocycles. The number of carbonyl (C=O) groups is 2. The fraction of sp³-hybridized carbons (Fsp3) is 0.600. The monoisotopic (exact) mass is 590 g/mol. The van der Waals surface area contributed by atoms with Crippen molar-refractivity contribution in [2.75, 3.05) is 7.11 Å². The first kappa shape index (κ1) is 29.2. The van der Waals surface area contributed by atoms with Crippen LogP contribution < -0.4 is 0 Å². The third-order valence-electron chi connectivity index (χ3n) is 7.22. The Bertz CT molecular complexity index is 1080. The number of hydrogen-bond donors (Lipinski definition) is 0. The molecule has 0 N–H and O–H groups in total. The van der Waals surface area contributed by atoms with Gasteiger partial charge in [-0.05, 0) is 93.4 Å². The van der Waals surface area contributed by atoms with Gasteiger partial charge in [0.15, 0.2) is 17.4 Å². The zero-order valence-electron chi connectivity index (χ0n) is 23.0. The summed E-state index contributed by atoms with van der Waals surface area (Å²) in [5, 5.41) is 0. The molecule has 3 aliphatic rings. The molecule has 0 amide bonds. The van der Waals surface area contributed by atoms with Crippen LogP contribution in [0.1, 0.15) is 71.8 Å². The van der Waals surface area contributed by atoms with E-state index in [-0.39, 0.29) is 24.0 Å². The van der Waals surface area contributed by atoms with Gasteiger partial charge >= 0.3 is 5.97 Å². The van der Waals surface area contributed by atoms with Gasteiger partial charge in [-0.25, -0.2) is 0 Å². The van der Waals surface area contributed by atoms with E-state index in [1.165, 1.54) is 12.7 Å². The van der Waals surface area contributed by atoms with E-state index < -0.39 is 23.3 Å². The van der Waals surface area contributed by atoms with Crippen molar-refractivity contribution in [1.82, 2.24) is 0 Å². The van der Waals surface area contributed by atoms with Gasteiger partial charge < -0.3 is 23.7 Å². The minimum atomic E-state index is -1.02. The van der Waals surface area contributed by atoms with E-state index in [0.29, 0.717) is 29.3 Å². The van der Waals surface area contributed by atoms with Crippen molar-refractivity contribution in [3.05, 3.63) is 58.1 Å². The van der Waals surface area contributed by atoms with Crippen LogP contribution in [0.15, 0.2) is 52.5 Å². The number of methoxy groups -OCH3 is 1. The number of benzene rings is 1. The normalized spacial score (nSPS) is 30.8. The van der Waals surface area contributed by atoms with Crippen molar-refractivity contribution >= 4 is 27.7 Å². The summed E-state index contributed by atoms with van der Waals surface area (Å²) < 4.78 is 30.5. The van der Waals surface area contributed by atoms with Gasteiger partial charge in [-0.1, -0.05) is 36.8 Å². The number of hydrogen-bond acceptors (Lipinski definition) is 7. The molecule has 4 atom stereocenters. The molecular weight excluding hydrogens is 552 g/mol. The molecule has 1 aromatic carbocycles. The van der Waals surface area contributed by atoms with Crippen molar-refractivity contribution < 1.29 is 33.3 Å². The molecule has 1 spiro atoms. The summed E-state index contributed by atoms with van der Waals surface area (Å²) in [7, 11) is 1.38. The van der Waals surface area contributed by atoms with Gasteiger partial charge in [0, 0.05) is 12.0 Å². The fourth-order valence-electron chi connectivity index (χ4n) is 5.64. The summed E-state index contributed by atoms with van der Waals surface area (Å²) in [5.74, 6) is -2.07. The minimum Gasteiger partial charge on any atom is -0.469 e. The first-order valence-corrected chi connectivity index (χ1v) is 14.2. The van der Waals surface area contributed by atoms with Gasteiger partial charge in [-0.2, -0.15) is 0 Å². The van der Waals surface area contributed by atoms with Crippen LogP contribution in [-0.4, -0.2) is 54.3 Å². The summed E-state index contributed by atoms with van der Waals surface area (Å²) in [4.78, 5) is 25.1. The number of allylic oxidation sites excluding steroid dienone is 1. The van der Waals surface area contributed by atoms with Gasteiger partial charge in [-0.3, -0.25) is 9.59 Å². The Hall–Kier alpha value is -1.84. The lowest BCUT2D eigenvalue weighted by Gasteiger charge is -2.29. The molecular formula is C30H39BrO7. The van der Waals surface area contributed by atoms with Gasteiger partial charge in [0.2, 0.25) is 0 Å². The topological polar surface area (TPSA) is 80.3 Å². The molecule has 8 heteroatoms. The molecule has 0 aromatic heterocycles. The molecule has 38 heavy (non-hydrogen) atoms. The summed E-state index contributed by atoms with van der Waals surface area (Å²) in [5.41, 5.74) is 0.802. The lowest BCUT2D eigenvalue weighted by atomic mass is 9.86. The summed E-state index contributed by atoms with van der Waals surface area (Å²) in [6.45, 7) is 7.48. The molecule has 208 valence electrons. The number of ketones is 1. The summed E-state index contributed by atoms with van der Waals surface area (Å²) in [6.07, 6.45) is 7.74. The SMILES string of the molecule is COC(=O)CCC[C@@H]1OC(C)(C)O[C@@H]1/C=C1/C(=O)C(Br)=C[C@]12OC(C)(C)O[C@@H]2CCCCc1ccccc1. The molecule has 0 bridgehead atoms. The first-order valence-electron chi connectivity index (χ1n) is 13.4. The van der Waals surface area contributed by atoms with E-state index >= 15 is 0 Å². The zero-order valence-corrected chi connectivity index (χ0v) is 24.5. The standard InChI is InChI=1S/C30H39BrO7/c1-28(2)35-23(15-11-17-26(32)34-5)24(36-28)18-21-27(33)22(31)19-30(21)25(37-29(3,4)38-30)16-10-9-14-20-12-7-6-8-13-20/h6-8,12-13,18-19,23-25H,9-11,14-17H2,1-5H3/b21-18-/t23-,24+,25+,30-/m0/s1. The van der Waals surface area contributed by atoms with Crippen molar-refractivity contribution in [1.29, 1.82) is 0 Å². The highest BCUT2D eigenvalue weighted by Crippen LogP contribution is 2.50. The number of aryl methyl sites for hydroxylation is 1. The van der Waals surface area contributed by atoms with E-state index in [1.807, 2.05) is 45.9 Å². The Labute approximate surface area is 234 Å². The number of esters is 1. The molecule has 4 rings (SSSR count). The average Bonchev–Trinajstić information content (AvgIpc) is 3.39. The maximum Gasteiger partial charge on any atom is 0.305 e. The Morgan fingerprint density at radius 1 is 1.00 bits per heavy atom. The number of rotatable bonds is 10. The Morgan fingerprint density at radius 2 is 1.74 bits per heavy atom. The Morgan fingerprint density at radius 3 is 2.45 bits per heavy atom. The maximum absolute atomic E-state index is 13.5. The van der Waals surface area contributed by atoms with E-state index in [1.54, 1.807) is 0 Å². The molecule has 2 saturated heterocycles. The number of Topliss-reactive ketones (excluding diaryl/α,β-unsaturated/α-hetero) is 1. The van der Waals surface area contributed by atoms with Crippen LogP contribution in [0.3, 0.4) is 0 Å². The van der Waals surface area contributed by atoms with Crippen LogP contribution in [0.4, 0.5) is 0 Å². The van der Waals surface area contributed by atoms with Crippen molar-refractivity contribution in [3.63, 3.8) is 0 Å². The summed E-state index contributed by atoms with van der Waals surface area (Å²) in [6, 6.07) is 10.4. The van der Waals surface area contributed by atoms with Crippen LogP contribution in [0.25, 0.3) is 0 Å². The summed E-state index contributed by atoms with van der Waals surface area (Å²) >= 11 is 3.47. The fourth-order valence-corrected chi connectivity index (χ4v) is 6.19. The highest BCUT2D eigenvalue weighted by Gasteiger charge is 2.59. The molecule has 2 heterocycles. The van der Waals surface area contributed by atoms with E-state index in [2.05, 4.69) is 40.2 Å². The number of ether oxygens (including phenoxy) is 5. The van der Waals surface area contributed by atoms with Gasteiger partial charge in [0.25, 0.3) is 0 Å².